The van der Waals surface area contributed by atoms with Gasteiger partial charge >= 0.3 is 0 Å². The molecule has 5 nitrogen and oxygen atoms in total. The Kier molecular flexibility index (Phi) is 3.13. The van der Waals surface area contributed by atoms with Crippen LogP contribution in [0.25, 0.3) is 11.0 Å². The smallest absolute Gasteiger partial charge is 0.234 e. The quantitative estimate of drug-likeness (QED) is 0.885. The molecular weight excluding hydrogens is 282 g/mol. The van der Waals surface area contributed by atoms with Crippen LogP contribution in [0.2, 0.25) is 0 Å². The zero-order valence-electron chi connectivity index (χ0n) is 12.1. The molecule has 22 heavy (non-hydrogen) atoms. The second-order valence-electron chi connectivity index (χ2n) is 5.99. The number of carbonyl (C=O) groups excluding carboxylic acids is 2. The van der Waals surface area contributed by atoms with Crippen molar-refractivity contribution in [3.05, 3.63) is 30.0 Å². The number of carbonyl (C=O) groups is 2. The minimum absolute atomic E-state index is 0.208. The molecule has 2 fully saturated rings. The van der Waals surface area contributed by atoms with Gasteiger partial charge in [-0.3, -0.25) is 14.9 Å². The number of piperidine rings is 1. The molecule has 0 radical (unpaired) electrons. The van der Waals surface area contributed by atoms with Crippen molar-refractivity contribution < 1.29 is 18.7 Å². The number of furan rings is 1. The highest BCUT2D eigenvalue weighted by molar-refractivity contribution is 6.03. The average Bonchev–Trinajstić information content (AvgIpc) is 2.87. The third kappa shape index (κ3) is 2.17. The Morgan fingerprint density at radius 3 is 2.77 bits per heavy atom. The lowest BCUT2D eigenvalue weighted by atomic mass is 9.90. The summed E-state index contributed by atoms with van der Waals surface area (Å²) in [6.07, 6.45) is 6.09. The zero-order chi connectivity index (χ0) is 15.1. The molecule has 1 aliphatic carbocycles. The van der Waals surface area contributed by atoms with E-state index in [2.05, 4.69) is 5.32 Å². The van der Waals surface area contributed by atoms with Gasteiger partial charge in [-0.2, -0.15) is 0 Å². The van der Waals surface area contributed by atoms with E-state index in [4.69, 9.17) is 9.15 Å². The Hall–Kier alpha value is -2.30. The number of hydrogen-bond donors (Lipinski definition) is 1. The second-order valence-corrected chi connectivity index (χ2v) is 5.99. The normalized spacial score (nSPS) is 22.5. The van der Waals surface area contributed by atoms with Crippen molar-refractivity contribution in [3.8, 4) is 5.75 Å². The van der Waals surface area contributed by atoms with E-state index in [-0.39, 0.29) is 23.8 Å². The summed E-state index contributed by atoms with van der Waals surface area (Å²) in [4.78, 5) is 23.5. The second kappa shape index (κ2) is 5.16. The maximum atomic E-state index is 12.1. The number of rotatable bonds is 3. The van der Waals surface area contributed by atoms with Gasteiger partial charge in [0.25, 0.3) is 0 Å². The number of ether oxygens (including phenoxy) is 1. The predicted molar refractivity (Wildman–Crippen MR) is 79.6 cm³/mol. The monoisotopic (exact) mass is 299 g/mol. The largest absolute Gasteiger partial charge is 0.490 e. The summed E-state index contributed by atoms with van der Waals surface area (Å²) in [7, 11) is 0. The van der Waals surface area contributed by atoms with E-state index >= 15 is 0 Å². The van der Waals surface area contributed by atoms with Crippen LogP contribution in [0.3, 0.4) is 0 Å². The van der Waals surface area contributed by atoms with Gasteiger partial charge in [-0.25, -0.2) is 0 Å². The van der Waals surface area contributed by atoms with Crippen LogP contribution >= 0.6 is 0 Å². The van der Waals surface area contributed by atoms with Gasteiger partial charge in [-0.05, 0) is 37.8 Å². The Labute approximate surface area is 127 Å². The first-order chi connectivity index (χ1) is 10.7. The van der Waals surface area contributed by atoms with Crippen molar-refractivity contribution in [3.63, 3.8) is 0 Å². The first kappa shape index (κ1) is 13.4. The topological polar surface area (TPSA) is 68.5 Å². The van der Waals surface area contributed by atoms with Gasteiger partial charge < -0.3 is 9.15 Å². The van der Waals surface area contributed by atoms with E-state index in [1.807, 2.05) is 18.2 Å². The summed E-state index contributed by atoms with van der Waals surface area (Å²) in [5.74, 6) is -0.0434. The van der Waals surface area contributed by atoms with E-state index in [1.54, 1.807) is 6.26 Å². The summed E-state index contributed by atoms with van der Waals surface area (Å²) in [5.41, 5.74) is 1.53. The summed E-state index contributed by atoms with van der Waals surface area (Å²) in [5, 5.41) is 3.27. The Morgan fingerprint density at radius 2 is 2.05 bits per heavy atom. The fourth-order valence-electron chi connectivity index (χ4n) is 3.09. The predicted octanol–water partition coefficient (Wildman–Crippen LogP) is 2.88. The Bertz CT molecular complexity index is 744. The van der Waals surface area contributed by atoms with E-state index in [0.717, 1.165) is 35.1 Å². The zero-order valence-corrected chi connectivity index (χ0v) is 12.1. The SMILES string of the molecule is O=C1CCC(c2coc3cccc(OC4CCC4)c23)C(=O)N1. The molecule has 0 spiro atoms. The fourth-order valence-corrected chi connectivity index (χ4v) is 3.09. The van der Waals surface area contributed by atoms with E-state index < -0.39 is 0 Å². The third-order valence-corrected chi connectivity index (χ3v) is 4.55. The van der Waals surface area contributed by atoms with E-state index in [1.165, 1.54) is 6.42 Å². The van der Waals surface area contributed by atoms with Crippen molar-refractivity contribution in [1.82, 2.24) is 5.32 Å². The molecule has 4 rings (SSSR count). The minimum atomic E-state index is -0.356. The number of amides is 2. The van der Waals surface area contributed by atoms with Crippen LogP contribution in [0, 0.1) is 0 Å². The molecule has 1 saturated carbocycles. The van der Waals surface area contributed by atoms with Crippen LogP contribution in [0.15, 0.2) is 28.9 Å². The number of imide groups is 1. The molecule has 1 atom stereocenters. The summed E-state index contributed by atoms with van der Waals surface area (Å²) in [6.45, 7) is 0. The third-order valence-electron chi connectivity index (χ3n) is 4.55. The Balaban J connectivity index is 1.74. The molecule has 1 N–H and O–H groups in total. The molecule has 114 valence electrons. The number of fused-ring (bicyclic) bond motifs is 1. The van der Waals surface area contributed by atoms with Gasteiger partial charge in [0.1, 0.15) is 11.3 Å². The van der Waals surface area contributed by atoms with Crippen molar-refractivity contribution in [2.45, 2.75) is 44.1 Å². The molecule has 1 unspecified atom stereocenters. The molecule has 1 aromatic heterocycles. The van der Waals surface area contributed by atoms with E-state index in [9.17, 15) is 9.59 Å². The summed E-state index contributed by atoms with van der Waals surface area (Å²) in [6, 6.07) is 5.69. The molecule has 2 aliphatic rings. The van der Waals surface area contributed by atoms with Crippen LogP contribution in [0.1, 0.15) is 43.6 Å². The molecule has 2 heterocycles. The van der Waals surface area contributed by atoms with E-state index in [0.29, 0.717) is 12.8 Å². The van der Waals surface area contributed by atoms with Gasteiger partial charge in [-0.1, -0.05) is 6.07 Å². The van der Waals surface area contributed by atoms with Crippen LogP contribution in [-0.2, 0) is 9.59 Å². The van der Waals surface area contributed by atoms with Gasteiger partial charge in [0.05, 0.1) is 23.7 Å². The van der Waals surface area contributed by atoms with Crippen molar-refractivity contribution in [1.29, 1.82) is 0 Å². The first-order valence-corrected chi connectivity index (χ1v) is 7.73. The van der Waals surface area contributed by atoms with Gasteiger partial charge in [-0.15, -0.1) is 0 Å². The Morgan fingerprint density at radius 1 is 1.18 bits per heavy atom. The van der Waals surface area contributed by atoms with Gasteiger partial charge in [0.15, 0.2) is 0 Å². The van der Waals surface area contributed by atoms with Gasteiger partial charge in [0.2, 0.25) is 11.8 Å². The lowest BCUT2D eigenvalue weighted by Gasteiger charge is -2.27. The summed E-state index contributed by atoms with van der Waals surface area (Å²) >= 11 is 0. The lowest BCUT2D eigenvalue weighted by molar-refractivity contribution is -0.134. The van der Waals surface area contributed by atoms with Crippen LogP contribution < -0.4 is 10.1 Å². The van der Waals surface area contributed by atoms with Crippen LogP contribution in [0.4, 0.5) is 0 Å². The number of nitrogens with one attached hydrogen (secondary N) is 1. The average molecular weight is 299 g/mol. The molecular formula is C17H17NO4. The highest BCUT2D eigenvalue weighted by Crippen LogP contribution is 2.39. The molecule has 2 aromatic rings. The standard InChI is InChI=1S/C17H17NO4/c19-15-8-7-11(17(20)18-15)12-9-21-13-5-2-6-14(16(12)13)22-10-3-1-4-10/h2,5-6,9-11H,1,3-4,7-8H2,(H,18,19,20). The number of benzene rings is 1. The molecule has 0 bridgehead atoms. The maximum Gasteiger partial charge on any atom is 0.234 e. The van der Waals surface area contributed by atoms with Crippen LogP contribution in [-0.4, -0.2) is 17.9 Å². The van der Waals surface area contributed by atoms with Crippen molar-refractivity contribution >= 4 is 22.8 Å². The minimum Gasteiger partial charge on any atom is -0.490 e. The molecule has 1 aromatic carbocycles. The highest BCUT2D eigenvalue weighted by Gasteiger charge is 2.32. The molecule has 2 amide bonds. The van der Waals surface area contributed by atoms with Crippen molar-refractivity contribution in [2.75, 3.05) is 0 Å². The lowest BCUT2D eigenvalue weighted by Crippen LogP contribution is -2.39. The molecule has 5 heteroatoms. The molecule has 1 saturated heterocycles. The van der Waals surface area contributed by atoms with Crippen LogP contribution in [0.5, 0.6) is 5.75 Å². The summed E-state index contributed by atoms with van der Waals surface area (Å²) < 4.78 is 11.7. The fraction of sp³-hybridized carbons (Fsp3) is 0.412. The molecule has 1 aliphatic heterocycles. The first-order valence-electron chi connectivity index (χ1n) is 7.73. The van der Waals surface area contributed by atoms with Gasteiger partial charge in [0, 0.05) is 12.0 Å². The maximum absolute atomic E-state index is 12.1. The number of hydrogen-bond acceptors (Lipinski definition) is 4. The highest BCUT2D eigenvalue weighted by atomic mass is 16.5. The van der Waals surface area contributed by atoms with Crippen molar-refractivity contribution in [2.24, 2.45) is 0 Å².